The number of hydrogen-bond acceptors (Lipinski definition) is 3. The van der Waals surface area contributed by atoms with Crippen LogP contribution in [-0.2, 0) is 4.79 Å². The van der Waals surface area contributed by atoms with E-state index in [0.29, 0.717) is 5.75 Å². The first-order valence-corrected chi connectivity index (χ1v) is 8.99. The molecular weight excluding hydrogens is 331 g/mol. The Morgan fingerprint density at radius 3 is 2.31 bits per heavy atom. The quantitative estimate of drug-likeness (QED) is 0.887. The average molecular weight is 356 g/mol. The summed E-state index contributed by atoms with van der Waals surface area (Å²) in [5.41, 5.74) is 0.200. The molecule has 138 valence electrons. The van der Waals surface area contributed by atoms with Crippen LogP contribution >= 0.6 is 0 Å². The number of benzene rings is 2. The molecule has 1 heterocycles. The monoisotopic (exact) mass is 356 g/mol. The molecule has 0 unspecified atom stereocenters. The van der Waals surface area contributed by atoms with Crippen molar-refractivity contribution in [2.24, 2.45) is 0 Å². The lowest BCUT2D eigenvalue weighted by Gasteiger charge is -2.35. The Kier molecular flexibility index (Phi) is 5.45. The molecule has 5 heteroatoms. The van der Waals surface area contributed by atoms with E-state index >= 15 is 0 Å². The lowest BCUT2D eigenvalue weighted by molar-refractivity contribution is -0.135. The molecule has 2 aromatic rings. The van der Waals surface area contributed by atoms with Crippen molar-refractivity contribution in [3.8, 4) is 5.75 Å². The molecule has 0 atom stereocenters. The SMILES string of the molecule is CC(C)(Oc1ccc(F)cc1)C(=O)NC1CCN(c2ccccc2)CC1. The maximum absolute atomic E-state index is 13.0. The molecule has 0 spiro atoms. The Balaban J connectivity index is 1.52. The van der Waals surface area contributed by atoms with Gasteiger partial charge in [0.1, 0.15) is 11.6 Å². The lowest BCUT2D eigenvalue weighted by Crippen LogP contribution is -2.52. The minimum Gasteiger partial charge on any atom is -0.478 e. The summed E-state index contributed by atoms with van der Waals surface area (Å²) in [6, 6.07) is 16.2. The molecular formula is C21H25FN2O2. The summed E-state index contributed by atoms with van der Waals surface area (Å²) in [6.07, 6.45) is 1.79. The largest absolute Gasteiger partial charge is 0.478 e. The van der Waals surface area contributed by atoms with Crippen LogP contribution in [0.1, 0.15) is 26.7 Å². The van der Waals surface area contributed by atoms with E-state index in [4.69, 9.17) is 4.74 Å². The van der Waals surface area contributed by atoms with Gasteiger partial charge < -0.3 is 15.0 Å². The molecule has 0 radical (unpaired) electrons. The van der Waals surface area contributed by atoms with Gasteiger partial charge in [-0.15, -0.1) is 0 Å². The minimum absolute atomic E-state index is 0.138. The third-order valence-electron chi connectivity index (χ3n) is 4.68. The van der Waals surface area contributed by atoms with Crippen molar-refractivity contribution in [3.05, 3.63) is 60.4 Å². The van der Waals surface area contributed by atoms with Gasteiger partial charge in [0.15, 0.2) is 5.60 Å². The van der Waals surface area contributed by atoms with Crippen LogP contribution < -0.4 is 15.0 Å². The maximum Gasteiger partial charge on any atom is 0.263 e. The predicted molar refractivity (Wildman–Crippen MR) is 101 cm³/mol. The van der Waals surface area contributed by atoms with Gasteiger partial charge in [-0.2, -0.15) is 0 Å². The van der Waals surface area contributed by atoms with Crippen LogP contribution in [-0.4, -0.2) is 30.6 Å². The van der Waals surface area contributed by atoms with Gasteiger partial charge in [0, 0.05) is 24.8 Å². The molecule has 0 bridgehead atoms. The number of amides is 1. The van der Waals surface area contributed by atoms with Gasteiger partial charge in [-0.05, 0) is 63.1 Å². The molecule has 1 amide bonds. The fourth-order valence-electron chi connectivity index (χ4n) is 3.12. The van der Waals surface area contributed by atoms with Crippen molar-refractivity contribution in [1.29, 1.82) is 0 Å². The number of nitrogens with zero attached hydrogens (tertiary/aromatic N) is 1. The van der Waals surface area contributed by atoms with E-state index in [-0.39, 0.29) is 17.8 Å². The smallest absolute Gasteiger partial charge is 0.263 e. The topological polar surface area (TPSA) is 41.6 Å². The van der Waals surface area contributed by atoms with Crippen LogP contribution in [0.25, 0.3) is 0 Å². The number of para-hydroxylation sites is 1. The molecule has 1 aliphatic heterocycles. The standard InChI is InChI=1S/C21H25FN2O2/c1-21(2,26-19-10-8-16(22)9-11-19)20(25)23-17-12-14-24(15-13-17)18-6-4-3-5-7-18/h3-11,17H,12-15H2,1-2H3,(H,23,25). The van der Waals surface area contributed by atoms with Gasteiger partial charge in [0.25, 0.3) is 5.91 Å². The molecule has 1 N–H and O–H groups in total. The van der Waals surface area contributed by atoms with E-state index in [1.165, 1.54) is 30.0 Å². The summed E-state index contributed by atoms with van der Waals surface area (Å²) in [4.78, 5) is 15.0. The van der Waals surface area contributed by atoms with Crippen molar-refractivity contribution >= 4 is 11.6 Å². The van der Waals surface area contributed by atoms with Crippen molar-refractivity contribution in [2.75, 3.05) is 18.0 Å². The maximum atomic E-state index is 13.0. The Labute approximate surface area is 154 Å². The second-order valence-electron chi connectivity index (χ2n) is 7.14. The molecule has 0 aromatic heterocycles. The molecule has 3 rings (SSSR count). The van der Waals surface area contributed by atoms with E-state index in [2.05, 4.69) is 22.3 Å². The number of nitrogens with one attached hydrogen (secondary N) is 1. The number of carbonyl (C=O) groups excluding carboxylic acids is 1. The molecule has 0 saturated carbocycles. The molecule has 1 fully saturated rings. The van der Waals surface area contributed by atoms with Gasteiger partial charge >= 0.3 is 0 Å². The number of rotatable bonds is 5. The Bertz CT molecular complexity index is 723. The molecule has 2 aromatic carbocycles. The van der Waals surface area contributed by atoms with Gasteiger partial charge in [-0.3, -0.25) is 4.79 Å². The predicted octanol–water partition coefficient (Wildman–Crippen LogP) is 3.77. The van der Waals surface area contributed by atoms with Gasteiger partial charge in [-0.25, -0.2) is 4.39 Å². The number of hydrogen-bond donors (Lipinski definition) is 1. The van der Waals surface area contributed by atoms with Gasteiger partial charge in [-0.1, -0.05) is 18.2 Å². The number of halogens is 1. The van der Waals surface area contributed by atoms with Gasteiger partial charge in [0.2, 0.25) is 0 Å². The fraction of sp³-hybridized carbons (Fsp3) is 0.381. The Morgan fingerprint density at radius 1 is 1.08 bits per heavy atom. The summed E-state index contributed by atoms with van der Waals surface area (Å²) in [6.45, 7) is 5.28. The first kappa shape index (κ1) is 18.2. The first-order chi connectivity index (χ1) is 12.4. The zero-order valence-corrected chi connectivity index (χ0v) is 15.2. The van der Waals surface area contributed by atoms with E-state index in [9.17, 15) is 9.18 Å². The van der Waals surface area contributed by atoms with Crippen LogP contribution in [0.3, 0.4) is 0 Å². The summed E-state index contributed by atoms with van der Waals surface area (Å²) < 4.78 is 18.8. The van der Waals surface area contributed by atoms with Crippen molar-refractivity contribution in [2.45, 2.75) is 38.3 Å². The second-order valence-corrected chi connectivity index (χ2v) is 7.14. The third kappa shape index (κ3) is 4.54. The number of ether oxygens (including phenoxy) is 1. The highest BCUT2D eigenvalue weighted by atomic mass is 19.1. The number of piperidine rings is 1. The van der Waals surface area contributed by atoms with Crippen LogP contribution in [0, 0.1) is 5.82 Å². The Hall–Kier alpha value is -2.56. The van der Waals surface area contributed by atoms with E-state index in [0.717, 1.165) is 25.9 Å². The fourth-order valence-corrected chi connectivity index (χ4v) is 3.12. The highest BCUT2D eigenvalue weighted by molar-refractivity contribution is 5.85. The molecule has 0 aliphatic carbocycles. The normalized spacial score (nSPS) is 15.6. The van der Waals surface area contributed by atoms with Crippen LogP contribution in [0.2, 0.25) is 0 Å². The highest BCUT2D eigenvalue weighted by Crippen LogP contribution is 2.22. The molecule has 4 nitrogen and oxygen atoms in total. The van der Waals surface area contributed by atoms with Crippen molar-refractivity contribution in [3.63, 3.8) is 0 Å². The van der Waals surface area contributed by atoms with E-state index in [1.54, 1.807) is 13.8 Å². The zero-order chi connectivity index (χ0) is 18.6. The Morgan fingerprint density at radius 2 is 1.69 bits per heavy atom. The zero-order valence-electron chi connectivity index (χ0n) is 15.2. The minimum atomic E-state index is -1.02. The van der Waals surface area contributed by atoms with Crippen LogP contribution in [0.15, 0.2) is 54.6 Å². The van der Waals surface area contributed by atoms with Gasteiger partial charge in [0.05, 0.1) is 0 Å². The summed E-state index contributed by atoms with van der Waals surface area (Å²) in [7, 11) is 0. The molecule has 1 saturated heterocycles. The number of anilines is 1. The van der Waals surface area contributed by atoms with Crippen molar-refractivity contribution < 1.29 is 13.9 Å². The van der Waals surface area contributed by atoms with Crippen LogP contribution in [0.5, 0.6) is 5.75 Å². The van der Waals surface area contributed by atoms with E-state index < -0.39 is 5.60 Å². The summed E-state index contributed by atoms with van der Waals surface area (Å²) >= 11 is 0. The summed E-state index contributed by atoms with van der Waals surface area (Å²) in [5.74, 6) is -0.00443. The molecule has 26 heavy (non-hydrogen) atoms. The average Bonchev–Trinajstić information content (AvgIpc) is 2.65. The first-order valence-electron chi connectivity index (χ1n) is 8.99. The molecule has 1 aliphatic rings. The summed E-state index contributed by atoms with van der Waals surface area (Å²) in [5, 5.41) is 3.10. The van der Waals surface area contributed by atoms with Crippen molar-refractivity contribution in [1.82, 2.24) is 5.32 Å². The van der Waals surface area contributed by atoms with Crippen LogP contribution in [0.4, 0.5) is 10.1 Å². The highest BCUT2D eigenvalue weighted by Gasteiger charge is 2.32. The second kappa shape index (κ2) is 7.77. The lowest BCUT2D eigenvalue weighted by atomic mass is 10.0. The third-order valence-corrected chi connectivity index (χ3v) is 4.68. The number of carbonyl (C=O) groups is 1. The van der Waals surface area contributed by atoms with E-state index in [1.807, 2.05) is 18.2 Å².